The average molecular weight is 228 g/mol. The summed E-state index contributed by atoms with van der Waals surface area (Å²) in [6.07, 6.45) is 5.46. The van der Waals surface area contributed by atoms with Gasteiger partial charge in [-0.15, -0.1) is 0 Å². The third-order valence-electron chi connectivity index (χ3n) is 2.25. The van der Waals surface area contributed by atoms with Crippen LogP contribution in [0.15, 0.2) is 0 Å². The van der Waals surface area contributed by atoms with Crippen LogP contribution in [0.3, 0.4) is 0 Å². The molecule has 0 saturated heterocycles. The van der Waals surface area contributed by atoms with E-state index in [1.54, 1.807) is 0 Å². The van der Waals surface area contributed by atoms with E-state index in [9.17, 15) is 9.46 Å². The summed E-state index contributed by atoms with van der Waals surface area (Å²) in [6.45, 7) is 1.49. The maximum atomic E-state index is 11.1. The Bertz CT molecular complexity index is 149. The number of hydrogen-bond acceptors (Lipinski definition) is 1. The molecule has 1 atom stereocenters. The third-order valence-corrected chi connectivity index (χ3v) is 4.12. The molecule has 1 aliphatic carbocycles. The Balaban J connectivity index is 0.000001000. The molecule has 0 spiro atoms. The monoisotopic (exact) mass is 226 g/mol. The molecule has 4 heteroatoms. The van der Waals surface area contributed by atoms with Gasteiger partial charge in [0.1, 0.15) is 0 Å². The quantitative estimate of drug-likeness (QED) is 0.551. The maximum Gasteiger partial charge on any atom is 0.200 e. The van der Waals surface area contributed by atoms with Crippen LogP contribution in [0.25, 0.3) is 0 Å². The van der Waals surface area contributed by atoms with Crippen LogP contribution in [0.1, 0.15) is 32.1 Å². The molecule has 1 aliphatic rings. The number of rotatable bonds is 1. The molecule has 0 aromatic heterocycles. The fourth-order valence-corrected chi connectivity index (χ4v) is 2.88. The zero-order valence-corrected chi connectivity index (χ0v) is 11.0. The first-order valence-electron chi connectivity index (χ1n) is 3.90. The summed E-state index contributed by atoms with van der Waals surface area (Å²) in [4.78, 5) is 9.20. The summed E-state index contributed by atoms with van der Waals surface area (Å²) < 4.78 is 11.1. The predicted octanol–water partition coefficient (Wildman–Crippen LogP) is 2.22. The standard InChI is InChI=1S/C7H15O2P.Zn/c1-10(8,9)7-5-3-2-4-6-7;/h7H,2-6H2,1H3,(H,8,9);. The van der Waals surface area contributed by atoms with Crippen LogP contribution in [0.5, 0.6) is 0 Å². The van der Waals surface area contributed by atoms with Crippen LogP contribution in [-0.4, -0.2) is 17.2 Å². The minimum absolute atomic E-state index is 0. The smallest absolute Gasteiger partial charge is 0.200 e. The molecule has 0 amide bonds. The first-order chi connectivity index (χ1) is 4.61. The molecule has 0 radical (unpaired) electrons. The minimum Gasteiger partial charge on any atom is -0.344 e. The molecule has 0 bridgehead atoms. The second-order valence-corrected chi connectivity index (χ2v) is 5.85. The summed E-state index contributed by atoms with van der Waals surface area (Å²) in [5, 5.41) is 0. The van der Waals surface area contributed by atoms with Gasteiger partial charge in [-0.25, -0.2) is 0 Å². The van der Waals surface area contributed by atoms with Crippen molar-refractivity contribution in [1.29, 1.82) is 0 Å². The van der Waals surface area contributed by atoms with Crippen molar-refractivity contribution in [2.24, 2.45) is 0 Å². The van der Waals surface area contributed by atoms with Gasteiger partial charge in [-0.05, 0) is 12.8 Å². The van der Waals surface area contributed by atoms with Crippen molar-refractivity contribution in [2.75, 3.05) is 6.66 Å². The van der Waals surface area contributed by atoms with Crippen molar-refractivity contribution in [3.8, 4) is 0 Å². The Morgan fingerprint density at radius 2 is 1.73 bits per heavy atom. The zero-order chi connectivity index (χ0) is 7.61. The van der Waals surface area contributed by atoms with Crippen molar-refractivity contribution >= 4 is 7.37 Å². The third kappa shape index (κ3) is 3.83. The largest absolute Gasteiger partial charge is 0.344 e. The molecule has 0 aliphatic heterocycles. The van der Waals surface area contributed by atoms with Crippen LogP contribution in [0.2, 0.25) is 0 Å². The summed E-state index contributed by atoms with van der Waals surface area (Å²) in [6, 6.07) is 0. The van der Waals surface area contributed by atoms with Gasteiger partial charge in [-0.2, -0.15) is 0 Å². The van der Waals surface area contributed by atoms with Crippen LogP contribution < -0.4 is 0 Å². The van der Waals surface area contributed by atoms with E-state index in [2.05, 4.69) is 0 Å². The van der Waals surface area contributed by atoms with Gasteiger partial charge in [0.05, 0.1) is 0 Å². The molecule has 62 valence electrons. The van der Waals surface area contributed by atoms with Gasteiger partial charge in [0.2, 0.25) is 7.37 Å². The van der Waals surface area contributed by atoms with E-state index in [0.29, 0.717) is 0 Å². The van der Waals surface area contributed by atoms with Gasteiger partial charge in [-0.3, -0.25) is 4.57 Å². The van der Waals surface area contributed by atoms with E-state index in [0.717, 1.165) is 25.7 Å². The molecule has 0 heterocycles. The molecular formula is C7H15O2PZn. The van der Waals surface area contributed by atoms with Crippen LogP contribution in [0.4, 0.5) is 0 Å². The van der Waals surface area contributed by atoms with E-state index in [1.165, 1.54) is 13.1 Å². The van der Waals surface area contributed by atoms with Crippen LogP contribution >= 0.6 is 7.37 Å². The fourth-order valence-electron chi connectivity index (χ4n) is 1.56. The van der Waals surface area contributed by atoms with Gasteiger partial charge in [0, 0.05) is 31.8 Å². The van der Waals surface area contributed by atoms with Crippen molar-refractivity contribution in [1.82, 2.24) is 0 Å². The van der Waals surface area contributed by atoms with Crippen molar-refractivity contribution in [3.63, 3.8) is 0 Å². The van der Waals surface area contributed by atoms with Gasteiger partial charge < -0.3 is 4.89 Å². The van der Waals surface area contributed by atoms with Crippen molar-refractivity contribution in [2.45, 2.75) is 37.8 Å². The molecule has 1 fully saturated rings. The second kappa shape index (κ2) is 4.75. The van der Waals surface area contributed by atoms with Gasteiger partial charge in [0.25, 0.3) is 0 Å². The molecule has 11 heavy (non-hydrogen) atoms. The van der Waals surface area contributed by atoms with Gasteiger partial charge in [0.15, 0.2) is 0 Å². The molecular weight excluding hydrogens is 212 g/mol. The zero-order valence-electron chi connectivity index (χ0n) is 7.12. The fraction of sp³-hybridized carbons (Fsp3) is 1.00. The van der Waals surface area contributed by atoms with E-state index >= 15 is 0 Å². The van der Waals surface area contributed by atoms with E-state index in [-0.39, 0.29) is 25.1 Å². The molecule has 0 aromatic carbocycles. The van der Waals surface area contributed by atoms with Gasteiger partial charge >= 0.3 is 0 Å². The van der Waals surface area contributed by atoms with E-state index < -0.39 is 7.37 Å². The number of hydrogen-bond donors (Lipinski definition) is 1. The first kappa shape index (κ1) is 11.8. The van der Waals surface area contributed by atoms with Crippen LogP contribution in [-0.2, 0) is 24.0 Å². The molecule has 1 saturated carbocycles. The Morgan fingerprint density at radius 3 is 2.00 bits per heavy atom. The van der Waals surface area contributed by atoms with E-state index in [1.807, 2.05) is 0 Å². The Labute approximate surface area is 81.0 Å². The van der Waals surface area contributed by atoms with Crippen molar-refractivity contribution < 1.29 is 28.9 Å². The molecule has 0 aromatic rings. The molecule has 1 rings (SSSR count). The van der Waals surface area contributed by atoms with E-state index in [4.69, 9.17) is 0 Å². The Hall–Kier alpha value is 0.813. The van der Waals surface area contributed by atoms with Crippen molar-refractivity contribution in [3.05, 3.63) is 0 Å². The molecule has 1 N–H and O–H groups in total. The summed E-state index contributed by atoms with van der Waals surface area (Å²) in [5.74, 6) is 0. The maximum absolute atomic E-state index is 11.1. The Morgan fingerprint density at radius 1 is 1.27 bits per heavy atom. The average Bonchev–Trinajstić information content (AvgIpc) is 1.88. The summed E-state index contributed by atoms with van der Waals surface area (Å²) >= 11 is 0. The molecule has 2 nitrogen and oxygen atoms in total. The first-order valence-corrected chi connectivity index (χ1v) is 6.08. The Kier molecular flexibility index (Phi) is 5.10. The summed E-state index contributed by atoms with van der Waals surface area (Å²) in [5.41, 5.74) is 0.112. The van der Waals surface area contributed by atoms with Gasteiger partial charge in [-0.1, -0.05) is 19.3 Å². The summed E-state index contributed by atoms with van der Waals surface area (Å²) in [7, 11) is -2.74. The second-order valence-electron chi connectivity index (χ2n) is 3.24. The normalized spacial score (nSPS) is 25.3. The van der Waals surface area contributed by atoms with Crippen LogP contribution in [0, 0.1) is 0 Å². The minimum atomic E-state index is -2.74. The topological polar surface area (TPSA) is 37.3 Å². The SMILES string of the molecule is CP(=O)(O)C1CCCCC1.[Zn]. The predicted molar refractivity (Wildman–Crippen MR) is 42.6 cm³/mol. The molecule has 1 unspecified atom stereocenters.